The minimum Gasteiger partial charge on any atom is -0.493 e. The smallest absolute Gasteiger partial charge is 0.416 e. The fraction of sp³-hybridized carbons (Fsp3) is 0.458. The number of aromatic nitrogens is 6. The van der Waals surface area contributed by atoms with E-state index < -0.39 is 61.0 Å². The Bertz CT molecular complexity index is 1380. The van der Waals surface area contributed by atoms with Crippen molar-refractivity contribution < 1.29 is 40.3 Å². The lowest BCUT2D eigenvalue weighted by molar-refractivity contribution is -0.202. The van der Waals surface area contributed by atoms with Gasteiger partial charge in [-0.3, -0.25) is 9.48 Å². The van der Waals surface area contributed by atoms with Crippen LogP contribution < -0.4 is 10.1 Å². The number of nitrogens with one attached hydrogen (secondary N) is 2. The standard InChI is InChI=1S/C24H24F7N7O2/c1-13(2)12-38-8-6-18(35-38)15-11-22(24(29,30)31,32-21(39)19(15)20-33-36-37-34-20)16-5-4-14(10-17(16)25)40-9-3-7-23(26,27)28/h4-6,8,10,13H,3,7,9,11-12H2,1-2H3,(H,32,39)(H,33,34,36,37)/t22-/m0/s1. The van der Waals surface area contributed by atoms with Crippen molar-refractivity contribution in [2.75, 3.05) is 6.61 Å². The third-order valence-corrected chi connectivity index (χ3v) is 6.14. The number of carbonyl (C=O) groups is 1. The lowest BCUT2D eigenvalue weighted by Gasteiger charge is -2.41. The topological polar surface area (TPSA) is 111 Å². The number of alkyl halides is 6. The van der Waals surface area contributed by atoms with Gasteiger partial charge in [-0.15, -0.1) is 5.10 Å². The van der Waals surface area contributed by atoms with Crippen LogP contribution >= 0.6 is 0 Å². The summed E-state index contributed by atoms with van der Waals surface area (Å²) in [5.41, 5.74) is -4.55. The number of tetrazole rings is 1. The molecule has 3 aromatic rings. The Morgan fingerprint density at radius 3 is 2.50 bits per heavy atom. The molecular formula is C24H24F7N7O2. The highest BCUT2D eigenvalue weighted by atomic mass is 19.4. The van der Waals surface area contributed by atoms with Crippen LogP contribution in [0.4, 0.5) is 30.7 Å². The summed E-state index contributed by atoms with van der Waals surface area (Å²) in [4.78, 5) is 13.3. The fourth-order valence-corrected chi connectivity index (χ4v) is 4.40. The third-order valence-electron chi connectivity index (χ3n) is 6.14. The zero-order chi connectivity index (χ0) is 29.3. The molecule has 2 aromatic heterocycles. The number of nitrogens with zero attached hydrogens (tertiary/aromatic N) is 5. The molecule has 0 unspecified atom stereocenters. The number of H-pyrrole nitrogens is 1. The number of hydrogen-bond acceptors (Lipinski definition) is 6. The molecule has 2 N–H and O–H groups in total. The van der Waals surface area contributed by atoms with Gasteiger partial charge < -0.3 is 10.1 Å². The minimum atomic E-state index is -5.20. The first kappa shape index (κ1) is 29.0. The van der Waals surface area contributed by atoms with Gasteiger partial charge in [-0.1, -0.05) is 13.8 Å². The highest BCUT2D eigenvalue weighted by Gasteiger charge is 2.61. The molecule has 1 aliphatic heterocycles. The Morgan fingerprint density at radius 2 is 1.90 bits per heavy atom. The largest absolute Gasteiger partial charge is 0.493 e. The third kappa shape index (κ3) is 6.09. The van der Waals surface area contributed by atoms with E-state index in [1.807, 2.05) is 19.2 Å². The summed E-state index contributed by atoms with van der Waals surface area (Å²) in [6.45, 7) is 3.85. The number of halogens is 7. The molecule has 1 aliphatic rings. The highest BCUT2D eigenvalue weighted by Crippen LogP contribution is 2.50. The van der Waals surface area contributed by atoms with E-state index in [9.17, 15) is 31.1 Å². The molecule has 1 atom stereocenters. The highest BCUT2D eigenvalue weighted by molar-refractivity contribution is 6.27. The van der Waals surface area contributed by atoms with Gasteiger partial charge in [0, 0.05) is 37.2 Å². The van der Waals surface area contributed by atoms with Crippen LogP contribution in [0.25, 0.3) is 11.1 Å². The van der Waals surface area contributed by atoms with Gasteiger partial charge in [0.1, 0.15) is 11.6 Å². The zero-order valence-electron chi connectivity index (χ0n) is 21.2. The normalized spacial score (nSPS) is 18.4. The predicted molar refractivity (Wildman–Crippen MR) is 126 cm³/mol. The summed E-state index contributed by atoms with van der Waals surface area (Å²) in [6.07, 6.45) is -10.6. The summed E-state index contributed by atoms with van der Waals surface area (Å²) < 4.78 is 103. The zero-order valence-corrected chi connectivity index (χ0v) is 21.2. The maximum absolute atomic E-state index is 15.3. The molecule has 0 spiro atoms. The molecule has 0 aliphatic carbocycles. The molecule has 0 radical (unpaired) electrons. The van der Waals surface area contributed by atoms with Crippen molar-refractivity contribution in [3.63, 3.8) is 0 Å². The van der Waals surface area contributed by atoms with Gasteiger partial charge in [-0.05, 0) is 46.5 Å². The van der Waals surface area contributed by atoms with Gasteiger partial charge in [-0.25, -0.2) is 9.49 Å². The molecule has 0 bridgehead atoms. The van der Waals surface area contributed by atoms with Crippen LogP contribution in [0.5, 0.6) is 5.75 Å². The van der Waals surface area contributed by atoms with Crippen molar-refractivity contribution in [3.8, 4) is 5.75 Å². The second-order valence-corrected chi connectivity index (χ2v) is 9.66. The molecule has 40 heavy (non-hydrogen) atoms. The summed E-state index contributed by atoms with van der Waals surface area (Å²) in [5, 5.41) is 19.1. The van der Waals surface area contributed by atoms with Gasteiger partial charge in [-0.2, -0.15) is 31.4 Å². The van der Waals surface area contributed by atoms with Crippen LogP contribution in [0, 0.1) is 11.7 Å². The van der Waals surface area contributed by atoms with Crippen LogP contribution in [-0.4, -0.2) is 55.3 Å². The van der Waals surface area contributed by atoms with E-state index in [1.165, 1.54) is 10.7 Å². The van der Waals surface area contributed by atoms with E-state index in [4.69, 9.17) is 4.74 Å². The first-order valence-electron chi connectivity index (χ1n) is 12.1. The quantitative estimate of drug-likeness (QED) is 0.280. The van der Waals surface area contributed by atoms with E-state index in [0.29, 0.717) is 12.6 Å². The van der Waals surface area contributed by atoms with Crippen molar-refractivity contribution in [2.24, 2.45) is 5.92 Å². The number of hydrogen-bond donors (Lipinski definition) is 2. The Labute approximate surface area is 222 Å². The van der Waals surface area contributed by atoms with Crippen molar-refractivity contribution >= 4 is 17.1 Å². The van der Waals surface area contributed by atoms with Crippen LogP contribution in [0.3, 0.4) is 0 Å². The van der Waals surface area contributed by atoms with E-state index in [0.717, 1.165) is 12.1 Å². The lowest BCUT2D eigenvalue weighted by Crippen LogP contribution is -2.59. The van der Waals surface area contributed by atoms with E-state index in [1.54, 1.807) is 6.20 Å². The van der Waals surface area contributed by atoms with Crippen LogP contribution in [-0.2, 0) is 16.9 Å². The SMILES string of the molecule is CC(C)Cn1ccc(C2=C(c3nnn[nH]3)C(=O)N[C@@](c3ccc(OCCCC(F)(F)F)cc3F)(C(F)(F)F)C2)n1. The lowest BCUT2D eigenvalue weighted by atomic mass is 9.77. The Morgan fingerprint density at radius 1 is 1.15 bits per heavy atom. The molecule has 16 heteroatoms. The maximum Gasteiger partial charge on any atom is 0.416 e. The molecule has 1 amide bonds. The second-order valence-electron chi connectivity index (χ2n) is 9.66. The number of rotatable bonds is 9. The number of carbonyl (C=O) groups excluding carboxylic acids is 1. The van der Waals surface area contributed by atoms with Crippen LogP contribution in [0.1, 0.15) is 50.2 Å². The van der Waals surface area contributed by atoms with E-state index in [-0.39, 0.29) is 34.3 Å². The van der Waals surface area contributed by atoms with Crippen molar-refractivity contribution in [3.05, 3.63) is 53.4 Å². The van der Waals surface area contributed by atoms with Gasteiger partial charge >= 0.3 is 12.4 Å². The Hall–Kier alpha value is -3.98. The summed E-state index contributed by atoms with van der Waals surface area (Å²) in [7, 11) is 0. The van der Waals surface area contributed by atoms with Crippen molar-refractivity contribution in [1.29, 1.82) is 0 Å². The molecule has 4 rings (SSSR count). The minimum absolute atomic E-state index is 0.0422. The Kier molecular flexibility index (Phi) is 7.90. The number of aromatic amines is 1. The summed E-state index contributed by atoms with van der Waals surface area (Å²) >= 11 is 0. The van der Waals surface area contributed by atoms with Crippen LogP contribution in [0.2, 0.25) is 0 Å². The fourth-order valence-electron chi connectivity index (χ4n) is 4.40. The van der Waals surface area contributed by atoms with Gasteiger partial charge in [0.15, 0.2) is 11.4 Å². The average molecular weight is 575 g/mol. The molecule has 1 aromatic carbocycles. The Balaban J connectivity index is 1.75. The molecular weight excluding hydrogens is 551 g/mol. The van der Waals surface area contributed by atoms with Crippen molar-refractivity contribution in [1.82, 2.24) is 35.7 Å². The molecule has 3 heterocycles. The number of ether oxygens (including phenoxy) is 1. The molecule has 0 saturated carbocycles. The number of amides is 1. The van der Waals surface area contributed by atoms with Gasteiger partial charge in [0.2, 0.25) is 0 Å². The van der Waals surface area contributed by atoms with Crippen molar-refractivity contribution in [2.45, 2.75) is 57.5 Å². The molecule has 9 nitrogen and oxygen atoms in total. The predicted octanol–water partition coefficient (Wildman–Crippen LogP) is 4.80. The summed E-state index contributed by atoms with van der Waals surface area (Å²) in [6, 6.07) is 3.87. The molecule has 0 saturated heterocycles. The summed E-state index contributed by atoms with van der Waals surface area (Å²) in [5.74, 6) is -2.90. The first-order chi connectivity index (χ1) is 18.7. The molecule has 0 fully saturated rings. The molecule has 216 valence electrons. The average Bonchev–Trinajstić information content (AvgIpc) is 3.52. The van der Waals surface area contributed by atoms with Crippen LogP contribution in [0.15, 0.2) is 30.5 Å². The monoisotopic (exact) mass is 575 g/mol. The first-order valence-corrected chi connectivity index (χ1v) is 12.1. The van der Waals surface area contributed by atoms with Gasteiger partial charge in [0.05, 0.1) is 17.9 Å². The number of benzene rings is 1. The second kappa shape index (κ2) is 10.9. The maximum atomic E-state index is 15.3. The van der Waals surface area contributed by atoms with E-state index >= 15 is 4.39 Å². The van der Waals surface area contributed by atoms with Gasteiger partial charge in [0.25, 0.3) is 5.91 Å². The van der Waals surface area contributed by atoms with E-state index in [2.05, 4.69) is 25.7 Å².